The normalized spacial score (nSPS) is 11.6. The Morgan fingerprint density at radius 3 is 2.18 bits per heavy atom. The fourth-order valence-corrected chi connectivity index (χ4v) is 3.94. The Hall–Kier alpha value is -2.13. The van der Waals surface area contributed by atoms with Crippen molar-refractivity contribution in [1.82, 2.24) is 0 Å². The average Bonchev–Trinajstić information content (AvgIpc) is 2.55. The lowest BCUT2D eigenvalue weighted by Gasteiger charge is -2.06. The van der Waals surface area contributed by atoms with Crippen molar-refractivity contribution in [2.45, 2.75) is 17.7 Å². The van der Waals surface area contributed by atoms with Crippen LogP contribution in [0.15, 0.2) is 77.7 Å². The molecule has 3 rings (SSSR count). The van der Waals surface area contributed by atoms with Crippen LogP contribution in [0.3, 0.4) is 0 Å². The van der Waals surface area contributed by atoms with Crippen molar-refractivity contribution in [3.63, 3.8) is 0 Å². The molecule has 0 radical (unpaired) electrons. The number of fused-ring (bicyclic) bond motifs is 1. The van der Waals surface area contributed by atoms with E-state index in [1.54, 1.807) is 24.3 Å². The molecule has 0 heterocycles. The summed E-state index contributed by atoms with van der Waals surface area (Å²) in [6.45, 7) is 0. The van der Waals surface area contributed by atoms with Crippen LogP contribution in [0.2, 0.25) is 0 Å². The third kappa shape index (κ3) is 3.37. The highest BCUT2D eigenvalue weighted by Gasteiger charge is 2.13. The zero-order chi connectivity index (χ0) is 15.4. The fraction of sp³-hybridized carbons (Fsp3) is 0.158. The van der Waals surface area contributed by atoms with Crippen LogP contribution in [0.4, 0.5) is 0 Å². The van der Waals surface area contributed by atoms with E-state index in [0.29, 0.717) is 11.3 Å². The van der Waals surface area contributed by atoms with Gasteiger partial charge in [0.25, 0.3) is 0 Å². The van der Waals surface area contributed by atoms with Crippen LogP contribution in [0, 0.1) is 0 Å². The smallest absolute Gasteiger partial charge is 0.178 e. The van der Waals surface area contributed by atoms with Gasteiger partial charge in [-0.2, -0.15) is 0 Å². The Morgan fingerprint density at radius 1 is 0.727 bits per heavy atom. The topological polar surface area (TPSA) is 34.1 Å². The van der Waals surface area contributed by atoms with E-state index >= 15 is 0 Å². The molecule has 0 aromatic heterocycles. The second kappa shape index (κ2) is 6.32. The Balaban J connectivity index is 1.67. The summed E-state index contributed by atoms with van der Waals surface area (Å²) in [4.78, 5) is 0.411. The quantitative estimate of drug-likeness (QED) is 0.706. The van der Waals surface area contributed by atoms with Gasteiger partial charge in [-0.05, 0) is 41.3 Å². The second-order valence-corrected chi connectivity index (χ2v) is 7.53. The number of hydrogen-bond donors (Lipinski definition) is 0. The maximum atomic E-state index is 12.2. The summed E-state index contributed by atoms with van der Waals surface area (Å²) in [5, 5.41) is 2.41. The standard InChI is InChI=1S/C19H18O2S/c20-22(21,19-10-2-1-3-11-19)14-6-7-16-12-13-17-8-4-5-9-18(17)15-16/h1-5,8-13,15H,6-7,14H2. The SMILES string of the molecule is O=S(=O)(CCCc1ccc2ccccc2c1)c1ccccc1. The van der Waals surface area contributed by atoms with E-state index in [1.807, 2.05) is 18.2 Å². The molecule has 0 saturated heterocycles. The number of benzene rings is 3. The van der Waals surface area contributed by atoms with Crippen LogP contribution < -0.4 is 0 Å². The summed E-state index contributed by atoms with van der Waals surface area (Å²) in [6, 6.07) is 23.2. The Labute approximate surface area is 131 Å². The first-order chi connectivity index (χ1) is 10.6. The van der Waals surface area contributed by atoms with Gasteiger partial charge >= 0.3 is 0 Å². The molecule has 0 aliphatic heterocycles. The van der Waals surface area contributed by atoms with Gasteiger partial charge in [0.2, 0.25) is 0 Å². The second-order valence-electron chi connectivity index (χ2n) is 5.42. The maximum Gasteiger partial charge on any atom is 0.178 e. The van der Waals surface area contributed by atoms with Gasteiger partial charge in [0.05, 0.1) is 10.6 Å². The van der Waals surface area contributed by atoms with Crippen LogP contribution in [0.1, 0.15) is 12.0 Å². The van der Waals surface area contributed by atoms with E-state index in [0.717, 1.165) is 6.42 Å². The number of aryl methyl sites for hydroxylation is 1. The molecule has 0 amide bonds. The van der Waals surface area contributed by atoms with Gasteiger partial charge in [-0.1, -0.05) is 60.7 Å². The molecular weight excluding hydrogens is 292 g/mol. The highest BCUT2D eigenvalue weighted by Crippen LogP contribution is 2.18. The lowest BCUT2D eigenvalue weighted by atomic mass is 10.0. The van der Waals surface area contributed by atoms with E-state index in [4.69, 9.17) is 0 Å². The van der Waals surface area contributed by atoms with Gasteiger partial charge < -0.3 is 0 Å². The van der Waals surface area contributed by atoms with Crippen molar-refractivity contribution in [2.24, 2.45) is 0 Å². The number of sulfone groups is 1. The molecule has 2 nitrogen and oxygen atoms in total. The summed E-state index contributed by atoms with van der Waals surface area (Å²) in [7, 11) is -3.17. The van der Waals surface area contributed by atoms with Crippen LogP contribution >= 0.6 is 0 Å². The summed E-state index contributed by atoms with van der Waals surface area (Å²) in [5.41, 5.74) is 1.18. The third-order valence-corrected chi connectivity index (χ3v) is 5.61. The van der Waals surface area contributed by atoms with Gasteiger partial charge in [-0.15, -0.1) is 0 Å². The van der Waals surface area contributed by atoms with Crippen LogP contribution in [0.25, 0.3) is 10.8 Å². The zero-order valence-corrected chi connectivity index (χ0v) is 13.1. The molecule has 0 aliphatic rings. The van der Waals surface area contributed by atoms with Crippen molar-refractivity contribution >= 4 is 20.6 Å². The minimum absolute atomic E-state index is 0.184. The molecule has 0 unspecified atom stereocenters. The highest BCUT2D eigenvalue weighted by atomic mass is 32.2. The summed E-state index contributed by atoms with van der Waals surface area (Å²) in [6.07, 6.45) is 1.41. The molecular formula is C19H18O2S. The first-order valence-electron chi connectivity index (χ1n) is 7.41. The molecule has 0 spiro atoms. The molecule has 0 fully saturated rings. The third-order valence-electron chi connectivity index (χ3n) is 3.79. The molecule has 0 N–H and O–H groups in total. The van der Waals surface area contributed by atoms with Crippen molar-refractivity contribution in [1.29, 1.82) is 0 Å². The molecule has 22 heavy (non-hydrogen) atoms. The predicted octanol–water partition coefficient (Wildman–Crippen LogP) is 4.25. The van der Waals surface area contributed by atoms with Crippen molar-refractivity contribution in [3.05, 3.63) is 78.4 Å². The Kier molecular flexibility index (Phi) is 4.25. The highest BCUT2D eigenvalue weighted by molar-refractivity contribution is 7.91. The van der Waals surface area contributed by atoms with Crippen LogP contribution in [-0.4, -0.2) is 14.2 Å². The van der Waals surface area contributed by atoms with E-state index in [9.17, 15) is 8.42 Å². The van der Waals surface area contributed by atoms with Gasteiger partial charge in [-0.25, -0.2) is 8.42 Å². The van der Waals surface area contributed by atoms with Gasteiger partial charge in [0, 0.05) is 0 Å². The van der Waals surface area contributed by atoms with E-state index < -0.39 is 9.84 Å². The van der Waals surface area contributed by atoms with E-state index in [2.05, 4.69) is 30.3 Å². The molecule has 112 valence electrons. The van der Waals surface area contributed by atoms with E-state index in [1.165, 1.54) is 16.3 Å². The first-order valence-corrected chi connectivity index (χ1v) is 9.06. The molecule has 3 aromatic carbocycles. The maximum absolute atomic E-state index is 12.2. The number of hydrogen-bond acceptors (Lipinski definition) is 2. The van der Waals surface area contributed by atoms with Crippen molar-refractivity contribution < 1.29 is 8.42 Å². The molecule has 3 aromatic rings. The van der Waals surface area contributed by atoms with Gasteiger partial charge in [0.1, 0.15) is 0 Å². The minimum Gasteiger partial charge on any atom is -0.224 e. The summed E-state index contributed by atoms with van der Waals surface area (Å²) < 4.78 is 24.5. The Morgan fingerprint density at radius 2 is 1.41 bits per heavy atom. The van der Waals surface area contributed by atoms with Gasteiger partial charge in [-0.3, -0.25) is 0 Å². The zero-order valence-electron chi connectivity index (χ0n) is 12.3. The van der Waals surface area contributed by atoms with Gasteiger partial charge in [0.15, 0.2) is 9.84 Å². The lowest BCUT2D eigenvalue weighted by molar-refractivity contribution is 0.593. The largest absolute Gasteiger partial charge is 0.224 e. The molecule has 0 atom stereocenters. The predicted molar refractivity (Wildman–Crippen MR) is 90.8 cm³/mol. The first kappa shape index (κ1) is 14.8. The van der Waals surface area contributed by atoms with E-state index in [-0.39, 0.29) is 5.75 Å². The minimum atomic E-state index is -3.17. The van der Waals surface area contributed by atoms with Crippen LogP contribution in [-0.2, 0) is 16.3 Å². The molecule has 0 bridgehead atoms. The summed E-state index contributed by atoms with van der Waals surface area (Å²) >= 11 is 0. The van der Waals surface area contributed by atoms with Crippen LogP contribution in [0.5, 0.6) is 0 Å². The lowest BCUT2D eigenvalue weighted by Crippen LogP contribution is -2.07. The number of rotatable bonds is 5. The molecule has 0 saturated carbocycles. The van der Waals surface area contributed by atoms with Crippen molar-refractivity contribution in [3.8, 4) is 0 Å². The average molecular weight is 310 g/mol. The monoisotopic (exact) mass is 310 g/mol. The van der Waals surface area contributed by atoms with Crippen molar-refractivity contribution in [2.75, 3.05) is 5.75 Å². The Bertz CT molecular complexity index is 868. The fourth-order valence-electron chi connectivity index (χ4n) is 2.61. The molecule has 0 aliphatic carbocycles. The summed E-state index contributed by atoms with van der Waals surface area (Å²) in [5.74, 6) is 0.184. The molecule has 3 heteroatoms.